The molecule has 3 N–H and O–H groups in total. The van der Waals surface area contributed by atoms with Crippen LogP contribution in [0.15, 0.2) is 30.3 Å². The van der Waals surface area contributed by atoms with Gasteiger partial charge in [-0.3, -0.25) is 5.10 Å². The number of nitrogens with zero attached hydrogens (tertiary/aromatic N) is 2. The third kappa shape index (κ3) is 1.56. The molecule has 1 saturated carbocycles. The SMILES string of the molecule is NCc1nc(C2(c3ccccc3)CCC2)n[nH]1. The van der Waals surface area contributed by atoms with Crippen molar-refractivity contribution in [3.8, 4) is 0 Å². The molecule has 2 aromatic rings. The van der Waals surface area contributed by atoms with Crippen LogP contribution in [0.25, 0.3) is 0 Å². The summed E-state index contributed by atoms with van der Waals surface area (Å²) in [5, 5.41) is 7.25. The molecule has 1 aromatic heterocycles. The van der Waals surface area contributed by atoms with Crippen LogP contribution in [0.3, 0.4) is 0 Å². The molecule has 0 aliphatic heterocycles. The Kier molecular flexibility index (Phi) is 2.44. The Bertz CT molecular complexity index is 499. The number of hydrogen-bond donors (Lipinski definition) is 2. The number of nitrogens with one attached hydrogen (secondary N) is 1. The summed E-state index contributed by atoms with van der Waals surface area (Å²) in [6, 6.07) is 10.5. The van der Waals surface area contributed by atoms with Crippen LogP contribution in [0.1, 0.15) is 36.5 Å². The molecule has 4 heteroatoms. The van der Waals surface area contributed by atoms with E-state index in [-0.39, 0.29) is 5.41 Å². The Hall–Kier alpha value is -1.68. The van der Waals surface area contributed by atoms with Crippen molar-refractivity contribution in [2.75, 3.05) is 0 Å². The zero-order chi connectivity index (χ0) is 11.7. The van der Waals surface area contributed by atoms with E-state index in [1.54, 1.807) is 0 Å². The highest BCUT2D eigenvalue weighted by molar-refractivity contribution is 5.35. The molecule has 0 saturated heterocycles. The summed E-state index contributed by atoms with van der Waals surface area (Å²) in [5.41, 5.74) is 6.90. The first-order chi connectivity index (χ1) is 8.35. The highest BCUT2D eigenvalue weighted by atomic mass is 15.2. The van der Waals surface area contributed by atoms with Gasteiger partial charge < -0.3 is 5.73 Å². The second-order valence-electron chi connectivity index (χ2n) is 4.61. The van der Waals surface area contributed by atoms with E-state index >= 15 is 0 Å². The molecule has 1 aliphatic carbocycles. The summed E-state index contributed by atoms with van der Waals surface area (Å²) in [6.45, 7) is 0.415. The molecule has 1 aliphatic rings. The average Bonchev–Trinajstić information content (AvgIpc) is 2.78. The van der Waals surface area contributed by atoms with Crippen molar-refractivity contribution in [2.24, 2.45) is 5.73 Å². The molecule has 1 aromatic carbocycles. The van der Waals surface area contributed by atoms with Crippen molar-refractivity contribution in [3.63, 3.8) is 0 Å². The van der Waals surface area contributed by atoms with E-state index in [9.17, 15) is 0 Å². The van der Waals surface area contributed by atoms with Gasteiger partial charge in [0.25, 0.3) is 0 Å². The zero-order valence-corrected chi connectivity index (χ0v) is 9.69. The lowest BCUT2D eigenvalue weighted by Crippen LogP contribution is -2.36. The first-order valence-electron chi connectivity index (χ1n) is 6.02. The molecular formula is C13H16N4. The van der Waals surface area contributed by atoms with Gasteiger partial charge in [-0.2, -0.15) is 5.10 Å². The normalized spacial score (nSPS) is 17.7. The predicted octanol–water partition coefficient (Wildman–Crippen LogP) is 1.73. The lowest BCUT2D eigenvalue weighted by molar-refractivity contribution is 0.286. The minimum absolute atomic E-state index is 0.0190. The molecule has 0 amide bonds. The fourth-order valence-corrected chi connectivity index (χ4v) is 2.53. The molecule has 17 heavy (non-hydrogen) atoms. The van der Waals surface area contributed by atoms with Gasteiger partial charge in [-0.05, 0) is 18.4 Å². The van der Waals surface area contributed by atoms with E-state index in [1.807, 2.05) is 6.07 Å². The third-order valence-electron chi connectivity index (χ3n) is 3.69. The Morgan fingerprint density at radius 3 is 2.53 bits per heavy atom. The van der Waals surface area contributed by atoms with Crippen LogP contribution >= 0.6 is 0 Å². The fraction of sp³-hybridized carbons (Fsp3) is 0.385. The van der Waals surface area contributed by atoms with E-state index in [0.29, 0.717) is 6.54 Å². The van der Waals surface area contributed by atoms with Crippen molar-refractivity contribution in [1.82, 2.24) is 15.2 Å². The molecule has 1 fully saturated rings. The standard InChI is InChI=1S/C13H16N4/c14-9-11-15-12(17-16-11)13(7-4-8-13)10-5-2-1-3-6-10/h1-3,5-6H,4,7-9,14H2,(H,15,16,17). The summed E-state index contributed by atoms with van der Waals surface area (Å²) in [7, 11) is 0. The van der Waals surface area contributed by atoms with E-state index < -0.39 is 0 Å². The topological polar surface area (TPSA) is 67.6 Å². The van der Waals surface area contributed by atoms with E-state index in [1.165, 1.54) is 12.0 Å². The van der Waals surface area contributed by atoms with Crippen molar-refractivity contribution in [1.29, 1.82) is 0 Å². The summed E-state index contributed by atoms with van der Waals surface area (Å²) < 4.78 is 0. The van der Waals surface area contributed by atoms with Crippen LogP contribution < -0.4 is 5.73 Å². The monoisotopic (exact) mass is 228 g/mol. The maximum absolute atomic E-state index is 5.57. The first kappa shape index (κ1) is 10.5. The van der Waals surface area contributed by atoms with Gasteiger partial charge in [0.1, 0.15) is 5.82 Å². The molecule has 0 spiro atoms. The number of aromatic amines is 1. The quantitative estimate of drug-likeness (QED) is 0.840. The molecule has 0 bridgehead atoms. The molecule has 1 heterocycles. The summed E-state index contributed by atoms with van der Waals surface area (Å²) >= 11 is 0. The number of hydrogen-bond acceptors (Lipinski definition) is 3. The van der Waals surface area contributed by atoms with Crippen LogP contribution in [-0.4, -0.2) is 15.2 Å². The van der Waals surface area contributed by atoms with Crippen molar-refractivity contribution in [3.05, 3.63) is 47.5 Å². The highest BCUT2D eigenvalue weighted by Crippen LogP contribution is 2.47. The molecular weight excluding hydrogens is 212 g/mol. The second kappa shape index (κ2) is 3.96. The molecule has 0 atom stereocenters. The van der Waals surface area contributed by atoms with Crippen LogP contribution in [0.4, 0.5) is 0 Å². The van der Waals surface area contributed by atoms with Crippen LogP contribution in [0.5, 0.6) is 0 Å². The van der Waals surface area contributed by atoms with E-state index in [0.717, 1.165) is 24.5 Å². The second-order valence-corrected chi connectivity index (χ2v) is 4.61. The smallest absolute Gasteiger partial charge is 0.161 e. The fourth-order valence-electron chi connectivity index (χ4n) is 2.53. The van der Waals surface area contributed by atoms with Crippen LogP contribution in [-0.2, 0) is 12.0 Å². The zero-order valence-electron chi connectivity index (χ0n) is 9.69. The van der Waals surface area contributed by atoms with E-state index in [2.05, 4.69) is 39.4 Å². The van der Waals surface area contributed by atoms with Crippen LogP contribution in [0, 0.1) is 0 Å². The van der Waals surface area contributed by atoms with Gasteiger partial charge in [0.2, 0.25) is 0 Å². The lowest BCUT2D eigenvalue weighted by Gasteiger charge is -2.39. The Morgan fingerprint density at radius 1 is 1.24 bits per heavy atom. The number of rotatable bonds is 3. The Labute approximate surface area is 100 Å². The van der Waals surface area contributed by atoms with Gasteiger partial charge in [0, 0.05) is 0 Å². The van der Waals surface area contributed by atoms with Gasteiger partial charge in [-0.25, -0.2) is 4.98 Å². The van der Waals surface area contributed by atoms with Gasteiger partial charge in [0.05, 0.1) is 12.0 Å². The van der Waals surface area contributed by atoms with Crippen molar-refractivity contribution in [2.45, 2.75) is 31.2 Å². The van der Waals surface area contributed by atoms with Gasteiger partial charge in [0.15, 0.2) is 5.82 Å². The largest absolute Gasteiger partial charge is 0.324 e. The lowest BCUT2D eigenvalue weighted by atomic mass is 9.64. The minimum Gasteiger partial charge on any atom is -0.324 e. The summed E-state index contributed by atoms with van der Waals surface area (Å²) in [6.07, 6.45) is 3.49. The summed E-state index contributed by atoms with van der Waals surface area (Å²) in [5.74, 6) is 1.66. The molecule has 3 rings (SSSR count). The van der Waals surface area contributed by atoms with Gasteiger partial charge in [-0.15, -0.1) is 0 Å². The number of nitrogens with two attached hydrogens (primary N) is 1. The van der Waals surface area contributed by atoms with Crippen LogP contribution in [0.2, 0.25) is 0 Å². The number of benzene rings is 1. The molecule has 4 nitrogen and oxygen atoms in total. The third-order valence-corrected chi connectivity index (χ3v) is 3.69. The van der Waals surface area contributed by atoms with Crippen molar-refractivity contribution < 1.29 is 0 Å². The summed E-state index contributed by atoms with van der Waals surface area (Å²) in [4.78, 5) is 4.51. The predicted molar refractivity (Wildman–Crippen MR) is 65.3 cm³/mol. The molecule has 88 valence electrons. The van der Waals surface area contributed by atoms with Gasteiger partial charge in [-0.1, -0.05) is 36.8 Å². The number of aromatic nitrogens is 3. The molecule has 0 unspecified atom stereocenters. The molecule has 0 radical (unpaired) electrons. The Morgan fingerprint density at radius 2 is 2.00 bits per heavy atom. The van der Waals surface area contributed by atoms with Gasteiger partial charge >= 0.3 is 0 Å². The Balaban J connectivity index is 2.02. The maximum atomic E-state index is 5.57. The average molecular weight is 228 g/mol. The first-order valence-corrected chi connectivity index (χ1v) is 6.02. The van der Waals surface area contributed by atoms with E-state index in [4.69, 9.17) is 5.73 Å². The van der Waals surface area contributed by atoms with Crippen molar-refractivity contribution >= 4 is 0 Å². The highest BCUT2D eigenvalue weighted by Gasteiger charge is 2.43. The minimum atomic E-state index is 0.0190. The number of H-pyrrole nitrogens is 1. The maximum Gasteiger partial charge on any atom is 0.161 e.